The van der Waals surface area contributed by atoms with Crippen LogP contribution in [0.3, 0.4) is 0 Å². The summed E-state index contributed by atoms with van der Waals surface area (Å²) in [7, 11) is 1.78. The largest absolute Gasteiger partial charge is 0.279 e. The highest BCUT2D eigenvalue weighted by molar-refractivity contribution is 8.25. The van der Waals surface area contributed by atoms with Crippen molar-refractivity contribution in [3.8, 4) is 0 Å². The second-order valence-electron chi connectivity index (χ2n) is 1.96. The Morgan fingerprint density at radius 1 is 1.64 bits per heavy atom. The molecule has 0 radical (unpaired) electrons. The van der Waals surface area contributed by atoms with E-state index >= 15 is 0 Å². The first-order chi connectivity index (χ1) is 5.38. The Bertz CT molecular complexity index is 249. The summed E-state index contributed by atoms with van der Waals surface area (Å²) in [6, 6.07) is 0. The summed E-state index contributed by atoms with van der Waals surface area (Å²) >= 11 is 1.56. The van der Waals surface area contributed by atoms with E-state index in [0.29, 0.717) is 0 Å². The maximum Gasteiger partial charge on any atom is 0.122 e. The lowest BCUT2D eigenvalue weighted by molar-refractivity contribution is 1.42. The standard InChI is InChI=1S/C8H10N2S/c1-3-4-5-7-8(9-2)11-6-10-7/h3-6H,1-2H3/b4-3-,7-5+,9-8-. The van der Waals surface area contributed by atoms with Gasteiger partial charge in [-0.05, 0) is 13.0 Å². The predicted molar refractivity (Wildman–Crippen MR) is 52.3 cm³/mol. The molecule has 0 aromatic carbocycles. The highest BCUT2D eigenvalue weighted by Gasteiger charge is 2.08. The highest BCUT2D eigenvalue weighted by Crippen LogP contribution is 2.18. The van der Waals surface area contributed by atoms with Crippen molar-refractivity contribution in [1.82, 2.24) is 0 Å². The molecule has 0 saturated heterocycles. The summed E-state index contributed by atoms with van der Waals surface area (Å²) < 4.78 is 0. The molecule has 0 unspecified atom stereocenters. The number of hydrogen-bond acceptors (Lipinski definition) is 3. The van der Waals surface area contributed by atoms with Crippen LogP contribution < -0.4 is 0 Å². The molecule has 0 atom stereocenters. The summed E-state index contributed by atoms with van der Waals surface area (Å²) in [5.41, 5.74) is 2.76. The molecule has 1 aliphatic rings. The lowest BCUT2D eigenvalue weighted by atomic mass is 10.4. The van der Waals surface area contributed by atoms with Crippen LogP contribution in [0.4, 0.5) is 0 Å². The second kappa shape index (κ2) is 4.13. The Kier molecular flexibility index (Phi) is 3.11. The Balaban J connectivity index is 2.78. The molecule has 0 saturated carbocycles. The van der Waals surface area contributed by atoms with Gasteiger partial charge in [0.05, 0.1) is 11.2 Å². The van der Waals surface area contributed by atoms with E-state index in [4.69, 9.17) is 0 Å². The molecule has 1 heterocycles. The minimum absolute atomic E-state index is 0.954. The molecular formula is C8H10N2S. The van der Waals surface area contributed by atoms with Crippen LogP contribution in [0.25, 0.3) is 0 Å². The molecule has 0 fully saturated rings. The molecule has 0 amide bonds. The van der Waals surface area contributed by atoms with E-state index in [1.54, 1.807) is 24.4 Å². The molecule has 1 rings (SSSR count). The highest BCUT2D eigenvalue weighted by atomic mass is 32.2. The lowest BCUT2D eigenvalue weighted by Gasteiger charge is -1.90. The Morgan fingerprint density at radius 3 is 3.09 bits per heavy atom. The van der Waals surface area contributed by atoms with E-state index in [2.05, 4.69) is 9.98 Å². The number of thioether (sulfide) groups is 1. The predicted octanol–water partition coefficient (Wildman–Crippen LogP) is 2.25. The van der Waals surface area contributed by atoms with Crippen molar-refractivity contribution in [2.45, 2.75) is 6.92 Å². The van der Waals surface area contributed by atoms with E-state index in [1.165, 1.54) is 0 Å². The third-order valence-electron chi connectivity index (χ3n) is 1.22. The molecule has 0 aromatic heterocycles. The van der Waals surface area contributed by atoms with Gasteiger partial charge in [-0.3, -0.25) is 4.99 Å². The molecule has 1 aliphatic heterocycles. The van der Waals surface area contributed by atoms with Crippen molar-refractivity contribution in [3.63, 3.8) is 0 Å². The molecule has 0 bridgehead atoms. The third-order valence-corrected chi connectivity index (χ3v) is 2.05. The summed E-state index contributed by atoms with van der Waals surface area (Å²) in [5.74, 6) is 0. The van der Waals surface area contributed by atoms with Crippen LogP contribution in [0.5, 0.6) is 0 Å². The van der Waals surface area contributed by atoms with E-state index in [1.807, 2.05) is 25.2 Å². The van der Waals surface area contributed by atoms with Crippen molar-refractivity contribution in [2.75, 3.05) is 7.05 Å². The van der Waals surface area contributed by atoms with Gasteiger partial charge in [-0.15, -0.1) is 0 Å². The molecule has 0 N–H and O–H groups in total. The van der Waals surface area contributed by atoms with E-state index in [9.17, 15) is 0 Å². The average molecular weight is 166 g/mol. The van der Waals surface area contributed by atoms with Crippen molar-refractivity contribution in [2.24, 2.45) is 9.98 Å². The summed E-state index contributed by atoms with van der Waals surface area (Å²) in [6.07, 6.45) is 5.89. The molecular weight excluding hydrogens is 156 g/mol. The maximum atomic E-state index is 4.14. The van der Waals surface area contributed by atoms with Crippen LogP contribution in [-0.4, -0.2) is 17.6 Å². The Morgan fingerprint density at radius 2 is 2.45 bits per heavy atom. The van der Waals surface area contributed by atoms with Crippen molar-refractivity contribution in [3.05, 3.63) is 23.9 Å². The van der Waals surface area contributed by atoms with Crippen LogP contribution in [0.2, 0.25) is 0 Å². The maximum absolute atomic E-state index is 4.14. The SMILES string of the molecule is C\C=C/C=C1/N=CS/C1=N\C. The molecule has 0 aromatic rings. The van der Waals surface area contributed by atoms with Crippen LogP contribution in [0, 0.1) is 0 Å². The fraction of sp³-hybridized carbons (Fsp3) is 0.250. The zero-order valence-corrected chi connectivity index (χ0v) is 7.43. The Hall–Kier alpha value is -0.830. The van der Waals surface area contributed by atoms with Gasteiger partial charge in [-0.2, -0.15) is 0 Å². The number of nitrogens with zero attached hydrogens (tertiary/aromatic N) is 2. The van der Waals surface area contributed by atoms with Gasteiger partial charge in [0.25, 0.3) is 0 Å². The van der Waals surface area contributed by atoms with Gasteiger partial charge in [0.2, 0.25) is 0 Å². The fourth-order valence-electron chi connectivity index (χ4n) is 0.718. The number of aliphatic imine (C=N–C) groups is 2. The number of hydrogen-bond donors (Lipinski definition) is 0. The van der Waals surface area contributed by atoms with Crippen LogP contribution in [0.1, 0.15) is 6.92 Å². The first kappa shape index (κ1) is 8.27. The van der Waals surface area contributed by atoms with Crippen molar-refractivity contribution in [1.29, 1.82) is 0 Å². The van der Waals surface area contributed by atoms with Gasteiger partial charge < -0.3 is 0 Å². The molecule has 58 valence electrons. The minimum Gasteiger partial charge on any atom is -0.279 e. The van der Waals surface area contributed by atoms with E-state index in [-0.39, 0.29) is 0 Å². The molecule has 2 nitrogen and oxygen atoms in total. The van der Waals surface area contributed by atoms with Gasteiger partial charge >= 0.3 is 0 Å². The normalized spacial score (nSPS) is 24.5. The summed E-state index contributed by atoms with van der Waals surface area (Å²) in [4.78, 5) is 8.22. The quantitative estimate of drug-likeness (QED) is 0.586. The molecule has 3 heteroatoms. The molecule has 0 spiro atoms. The van der Waals surface area contributed by atoms with Gasteiger partial charge in [0, 0.05) is 7.05 Å². The third kappa shape index (κ3) is 2.05. The van der Waals surface area contributed by atoms with Gasteiger partial charge in [-0.25, -0.2) is 4.99 Å². The minimum atomic E-state index is 0.954. The number of rotatable bonds is 1. The van der Waals surface area contributed by atoms with Crippen LogP contribution >= 0.6 is 11.8 Å². The molecule has 11 heavy (non-hydrogen) atoms. The van der Waals surface area contributed by atoms with Crippen molar-refractivity contribution < 1.29 is 0 Å². The van der Waals surface area contributed by atoms with Crippen LogP contribution in [0.15, 0.2) is 33.9 Å². The molecule has 0 aliphatic carbocycles. The second-order valence-corrected chi connectivity index (χ2v) is 2.79. The topological polar surface area (TPSA) is 24.7 Å². The first-order valence-corrected chi connectivity index (χ1v) is 4.25. The van der Waals surface area contributed by atoms with Crippen molar-refractivity contribution >= 4 is 22.4 Å². The van der Waals surface area contributed by atoms with Gasteiger partial charge in [0.15, 0.2) is 0 Å². The van der Waals surface area contributed by atoms with Crippen LogP contribution in [-0.2, 0) is 0 Å². The van der Waals surface area contributed by atoms with E-state index < -0.39 is 0 Å². The number of allylic oxidation sites excluding steroid dienone is 3. The van der Waals surface area contributed by atoms with Gasteiger partial charge in [-0.1, -0.05) is 23.9 Å². The lowest BCUT2D eigenvalue weighted by Crippen LogP contribution is -1.87. The van der Waals surface area contributed by atoms with E-state index in [0.717, 1.165) is 10.7 Å². The summed E-state index contributed by atoms with van der Waals surface area (Å²) in [6.45, 7) is 1.98. The summed E-state index contributed by atoms with van der Waals surface area (Å²) in [5, 5.41) is 0.989. The monoisotopic (exact) mass is 166 g/mol. The fourth-order valence-corrected chi connectivity index (χ4v) is 1.33. The Labute approximate surface area is 70.8 Å². The zero-order valence-electron chi connectivity index (χ0n) is 6.61. The zero-order chi connectivity index (χ0) is 8.10. The first-order valence-electron chi connectivity index (χ1n) is 3.38. The smallest absolute Gasteiger partial charge is 0.122 e. The van der Waals surface area contributed by atoms with Gasteiger partial charge in [0.1, 0.15) is 5.04 Å². The average Bonchev–Trinajstić information content (AvgIpc) is 2.47.